The smallest absolute Gasteiger partial charge is 0.406 e. The van der Waals surface area contributed by atoms with E-state index in [1.165, 1.54) is 23.1 Å². The van der Waals surface area contributed by atoms with Crippen LogP contribution in [0.5, 0.6) is 5.75 Å². The zero-order chi connectivity index (χ0) is 18.7. The Morgan fingerprint density at radius 3 is 2.56 bits per heavy atom. The van der Waals surface area contributed by atoms with E-state index < -0.39 is 6.36 Å². The number of anilines is 2. The summed E-state index contributed by atoms with van der Waals surface area (Å²) in [5, 5.41) is 3.17. The Morgan fingerprint density at radius 1 is 1.22 bits per heavy atom. The summed E-state index contributed by atoms with van der Waals surface area (Å²) in [6, 6.07) is 12.8. The second-order valence-corrected chi connectivity index (χ2v) is 6.28. The van der Waals surface area contributed by atoms with E-state index in [2.05, 4.69) is 15.0 Å². The van der Waals surface area contributed by atoms with E-state index in [9.17, 15) is 18.0 Å². The number of rotatable bonds is 5. The number of nitrogens with one attached hydrogen (secondary N) is 1. The summed E-state index contributed by atoms with van der Waals surface area (Å²) in [6.45, 7) is 0.0905. The number of halogens is 4. The van der Waals surface area contributed by atoms with Gasteiger partial charge in [0.25, 0.3) is 0 Å². The monoisotopic (exact) mass is 417 g/mol. The van der Waals surface area contributed by atoms with Crippen molar-refractivity contribution in [3.8, 4) is 5.75 Å². The minimum atomic E-state index is -4.76. The third-order valence-electron chi connectivity index (χ3n) is 3.37. The van der Waals surface area contributed by atoms with E-state index in [1.807, 2.05) is 6.07 Å². The molecular weight excluding hydrogens is 403 g/mol. The molecule has 0 bridgehead atoms. The highest BCUT2D eigenvalue weighted by Gasteiger charge is 2.31. The Kier molecular flexibility index (Phi) is 6.63. The zero-order valence-corrected chi connectivity index (χ0v) is 15.6. The van der Waals surface area contributed by atoms with Gasteiger partial charge >= 0.3 is 6.36 Å². The number of hydrogen-bond acceptors (Lipinski definition) is 5. The van der Waals surface area contributed by atoms with Crippen LogP contribution in [0.1, 0.15) is 0 Å². The predicted molar refractivity (Wildman–Crippen MR) is 101 cm³/mol. The number of ether oxygens (including phenoxy) is 1. The number of fused-ring (bicyclic) bond motifs is 1. The molecule has 2 aromatic carbocycles. The molecule has 27 heavy (non-hydrogen) atoms. The maximum Gasteiger partial charge on any atom is 0.573 e. The molecule has 1 aromatic heterocycles. The summed E-state index contributed by atoms with van der Waals surface area (Å²) in [7, 11) is 1.65. The number of carbonyl (C=O) groups excluding carboxylic acids is 1. The van der Waals surface area contributed by atoms with Gasteiger partial charge in [-0.25, -0.2) is 4.98 Å². The van der Waals surface area contributed by atoms with Crippen molar-refractivity contribution in [2.45, 2.75) is 6.36 Å². The lowest BCUT2D eigenvalue weighted by Gasteiger charge is -2.19. The maximum atomic E-state index is 12.5. The summed E-state index contributed by atoms with van der Waals surface area (Å²) >= 11 is 1.11. The molecule has 10 heteroatoms. The molecule has 1 heterocycles. The average Bonchev–Trinajstić information content (AvgIpc) is 2.97. The Labute approximate surface area is 163 Å². The number of thiazole rings is 1. The van der Waals surface area contributed by atoms with Gasteiger partial charge in [0.15, 0.2) is 5.13 Å². The largest absolute Gasteiger partial charge is 0.573 e. The fraction of sp³-hybridized carbons (Fsp3) is 0.176. The highest BCUT2D eigenvalue weighted by atomic mass is 35.5. The molecule has 0 unspecified atom stereocenters. The normalized spacial score (nSPS) is 11.1. The predicted octanol–water partition coefficient (Wildman–Crippen LogP) is 4.50. The fourth-order valence-corrected chi connectivity index (χ4v) is 3.39. The molecule has 0 atom stereocenters. The van der Waals surface area contributed by atoms with Crippen molar-refractivity contribution in [2.24, 2.45) is 0 Å². The quantitative estimate of drug-likeness (QED) is 0.664. The topological polar surface area (TPSA) is 54.5 Å². The van der Waals surface area contributed by atoms with Gasteiger partial charge in [0, 0.05) is 6.07 Å². The fourth-order valence-electron chi connectivity index (χ4n) is 2.35. The molecule has 5 nitrogen and oxygen atoms in total. The van der Waals surface area contributed by atoms with Crippen LogP contribution in [0.15, 0.2) is 48.5 Å². The molecule has 3 aromatic rings. The van der Waals surface area contributed by atoms with Gasteiger partial charge in [-0.05, 0) is 31.3 Å². The second-order valence-electron chi connectivity index (χ2n) is 5.27. The number of aromatic nitrogens is 1. The third-order valence-corrected chi connectivity index (χ3v) is 4.37. The van der Waals surface area contributed by atoms with Crippen molar-refractivity contribution in [3.63, 3.8) is 0 Å². The van der Waals surface area contributed by atoms with E-state index in [4.69, 9.17) is 0 Å². The molecule has 0 spiro atoms. The van der Waals surface area contributed by atoms with Crippen LogP contribution in [0.3, 0.4) is 0 Å². The maximum absolute atomic E-state index is 12.5. The number of likely N-dealkylation sites (N-methyl/N-ethyl adjacent to an activating group) is 1. The van der Waals surface area contributed by atoms with E-state index in [0.29, 0.717) is 21.0 Å². The summed E-state index contributed by atoms with van der Waals surface area (Å²) < 4.78 is 41.6. The first-order valence-corrected chi connectivity index (χ1v) is 8.38. The molecule has 1 N–H and O–H groups in total. The molecule has 3 rings (SSSR count). The average molecular weight is 418 g/mol. The lowest BCUT2D eigenvalue weighted by molar-refractivity contribution is -0.274. The van der Waals surface area contributed by atoms with Crippen molar-refractivity contribution in [1.29, 1.82) is 0 Å². The van der Waals surface area contributed by atoms with Crippen molar-refractivity contribution >= 4 is 50.7 Å². The van der Waals surface area contributed by atoms with Gasteiger partial charge < -0.3 is 10.1 Å². The number of amides is 1. The summed E-state index contributed by atoms with van der Waals surface area (Å²) in [4.78, 5) is 18.4. The summed E-state index contributed by atoms with van der Waals surface area (Å²) in [6.07, 6.45) is -4.76. The summed E-state index contributed by atoms with van der Waals surface area (Å²) in [5.41, 5.74) is 1.11. The minimum Gasteiger partial charge on any atom is -0.406 e. The van der Waals surface area contributed by atoms with Gasteiger partial charge in [-0.2, -0.15) is 0 Å². The van der Waals surface area contributed by atoms with Gasteiger partial charge in [0.1, 0.15) is 5.75 Å². The number of carbonyl (C=O) groups is 1. The van der Waals surface area contributed by atoms with Crippen molar-refractivity contribution in [2.75, 3.05) is 18.5 Å². The standard InChI is InChI=1S/C17H14F3N3O2S.ClH/c1-21-10-15(24)23(11-5-3-2-4-6-11)16-22-13-8-7-12(9-14(13)26-16)25-17(18,19)20;/h2-9,21H,10H2,1H3;1H. The SMILES string of the molecule is CNCC(=O)N(c1ccccc1)c1nc2ccc(OC(F)(F)F)cc2s1.Cl. The van der Waals surface area contributed by atoms with Crippen LogP contribution >= 0.6 is 23.7 Å². The van der Waals surface area contributed by atoms with E-state index >= 15 is 0 Å². The number of para-hydroxylation sites is 1. The van der Waals surface area contributed by atoms with Crippen LogP contribution in [-0.2, 0) is 4.79 Å². The van der Waals surface area contributed by atoms with Gasteiger partial charge in [0.05, 0.1) is 22.4 Å². The lowest BCUT2D eigenvalue weighted by Crippen LogP contribution is -2.33. The van der Waals surface area contributed by atoms with Gasteiger partial charge in [-0.3, -0.25) is 9.69 Å². The minimum absolute atomic E-state index is 0. The van der Waals surface area contributed by atoms with Crippen LogP contribution in [0, 0.1) is 0 Å². The molecule has 0 saturated carbocycles. The Bertz CT molecular complexity index is 919. The van der Waals surface area contributed by atoms with Crippen LogP contribution in [-0.4, -0.2) is 30.8 Å². The Balaban J connectivity index is 0.00000261. The Hall–Kier alpha value is -2.36. The molecular formula is C17H15ClF3N3O2S. The molecule has 1 amide bonds. The van der Waals surface area contributed by atoms with Gasteiger partial charge in [-0.15, -0.1) is 25.6 Å². The molecule has 0 radical (unpaired) electrons. The first kappa shape index (κ1) is 20.9. The van der Waals surface area contributed by atoms with Gasteiger partial charge in [0.2, 0.25) is 5.91 Å². The first-order chi connectivity index (χ1) is 12.4. The first-order valence-electron chi connectivity index (χ1n) is 7.56. The molecule has 0 fully saturated rings. The molecule has 0 aliphatic carbocycles. The molecule has 0 aliphatic rings. The zero-order valence-electron chi connectivity index (χ0n) is 14.0. The van der Waals surface area contributed by atoms with E-state index in [1.54, 1.807) is 31.3 Å². The van der Waals surface area contributed by atoms with Crippen LogP contribution in [0.2, 0.25) is 0 Å². The van der Waals surface area contributed by atoms with Crippen molar-refractivity contribution < 1.29 is 22.7 Å². The number of benzene rings is 2. The summed E-state index contributed by atoms with van der Waals surface area (Å²) in [5.74, 6) is -0.558. The number of alkyl halides is 3. The Morgan fingerprint density at radius 2 is 1.93 bits per heavy atom. The molecule has 0 saturated heterocycles. The van der Waals surface area contributed by atoms with Crippen LogP contribution in [0.25, 0.3) is 10.2 Å². The van der Waals surface area contributed by atoms with E-state index in [0.717, 1.165) is 11.3 Å². The number of nitrogens with zero attached hydrogens (tertiary/aromatic N) is 2. The molecule has 0 aliphatic heterocycles. The van der Waals surface area contributed by atoms with Crippen LogP contribution < -0.4 is 15.0 Å². The second kappa shape index (κ2) is 8.55. The van der Waals surface area contributed by atoms with Crippen molar-refractivity contribution in [3.05, 3.63) is 48.5 Å². The lowest BCUT2D eigenvalue weighted by atomic mass is 10.3. The highest BCUT2D eigenvalue weighted by molar-refractivity contribution is 7.22. The van der Waals surface area contributed by atoms with Crippen LogP contribution in [0.4, 0.5) is 24.0 Å². The molecule has 144 valence electrons. The van der Waals surface area contributed by atoms with Crippen molar-refractivity contribution in [1.82, 2.24) is 10.3 Å². The highest BCUT2D eigenvalue weighted by Crippen LogP contribution is 2.36. The van der Waals surface area contributed by atoms with Gasteiger partial charge in [-0.1, -0.05) is 29.5 Å². The third kappa shape index (κ3) is 5.09. The number of hydrogen-bond donors (Lipinski definition) is 1. The van der Waals surface area contributed by atoms with E-state index in [-0.39, 0.29) is 30.6 Å².